The van der Waals surface area contributed by atoms with E-state index in [1.807, 2.05) is 6.92 Å². The molecule has 0 amide bonds. The maximum Gasteiger partial charge on any atom is 0.311 e. The molecule has 4 nitrogen and oxygen atoms in total. The van der Waals surface area contributed by atoms with Crippen LogP contribution in [0.1, 0.15) is 32.6 Å². The Morgan fingerprint density at radius 2 is 1.88 bits per heavy atom. The fourth-order valence-electron chi connectivity index (χ4n) is 2.47. The second-order valence-electron chi connectivity index (χ2n) is 4.80. The van der Waals surface area contributed by atoms with Crippen LogP contribution in [0.3, 0.4) is 0 Å². The molecule has 0 saturated heterocycles. The van der Waals surface area contributed by atoms with Crippen LogP contribution >= 0.6 is 0 Å². The summed E-state index contributed by atoms with van der Waals surface area (Å²) in [5.41, 5.74) is -0.322. The highest BCUT2D eigenvalue weighted by molar-refractivity contribution is 5.76. The highest BCUT2D eigenvalue weighted by Crippen LogP contribution is 2.41. The fraction of sp³-hybridized carbons (Fsp3) is 0.750. The third kappa shape index (κ3) is 2.01. The van der Waals surface area contributed by atoms with Crippen LogP contribution in [-0.4, -0.2) is 19.4 Å². The summed E-state index contributed by atoms with van der Waals surface area (Å²) < 4.78 is 15.5. The topological polar surface area (TPSA) is 44.8 Å². The zero-order valence-corrected chi connectivity index (χ0v) is 9.77. The van der Waals surface area contributed by atoms with E-state index in [2.05, 4.69) is 0 Å². The highest BCUT2D eigenvalue weighted by Gasteiger charge is 2.41. The Hall–Kier alpha value is -1.19. The van der Waals surface area contributed by atoms with Crippen molar-refractivity contribution in [3.63, 3.8) is 0 Å². The molecule has 0 aromatic carbocycles. The van der Waals surface area contributed by atoms with Gasteiger partial charge in [-0.2, -0.15) is 0 Å². The Morgan fingerprint density at radius 1 is 1.31 bits per heavy atom. The van der Waals surface area contributed by atoms with Crippen molar-refractivity contribution < 1.29 is 19.0 Å². The Balaban J connectivity index is 1.88. The van der Waals surface area contributed by atoms with Crippen molar-refractivity contribution in [1.82, 2.24) is 0 Å². The van der Waals surface area contributed by atoms with Gasteiger partial charge < -0.3 is 14.2 Å². The van der Waals surface area contributed by atoms with E-state index in [1.54, 1.807) is 12.5 Å². The first kappa shape index (κ1) is 11.3. The minimum absolute atomic E-state index is 0.0997. The van der Waals surface area contributed by atoms with Crippen LogP contribution in [-0.2, 0) is 19.0 Å². The maximum atomic E-state index is 11.6. The Kier molecular flexibility index (Phi) is 3.08. The first-order valence-electron chi connectivity index (χ1n) is 5.70. The lowest BCUT2D eigenvalue weighted by atomic mass is 9.71. The van der Waals surface area contributed by atoms with E-state index in [4.69, 9.17) is 14.2 Å². The molecule has 0 unspecified atom stereocenters. The monoisotopic (exact) mass is 226 g/mol. The molecular formula is C12H18O4. The molecule has 1 saturated carbocycles. The van der Waals surface area contributed by atoms with Crippen molar-refractivity contribution in [3.8, 4) is 0 Å². The summed E-state index contributed by atoms with van der Waals surface area (Å²) in [7, 11) is 1.45. The van der Waals surface area contributed by atoms with Crippen LogP contribution in [0.4, 0.5) is 0 Å². The van der Waals surface area contributed by atoms with Crippen molar-refractivity contribution in [2.75, 3.05) is 7.11 Å². The molecule has 0 atom stereocenters. The molecule has 1 heterocycles. The van der Waals surface area contributed by atoms with Crippen LogP contribution in [0.25, 0.3) is 0 Å². The van der Waals surface area contributed by atoms with Gasteiger partial charge in [-0.1, -0.05) is 0 Å². The average Bonchev–Trinajstić information content (AvgIpc) is 2.82. The zero-order valence-electron chi connectivity index (χ0n) is 9.77. The van der Waals surface area contributed by atoms with E-state index in [-0.39, 0.29) is 17.7 Å². The van der Waals surface area contributed by atoms with Crippen LogP contribution < -0.4 is 0 Å². The number of methoxy groups -OCH3 is 1. The summed E-state index contributed by atoms with van der Waals surface area (Å²) >= 11 is 0. The van der Waals surface area contributed by atoms with Gasteiger partial charge in [0.15, 0.2) is 0 Å². The highest BCUT2D eigenvalue weighted by atomic mass is 16.7. The largest absolute Gasteiger partial charge is 0.469 e. The molecular weight excluding hydrogens is 208 g/mol. The molecule has 0 aromatic rings. The van der Waals surface area contributed by atoms with Crippen LogP contribution in [0.5, 0.6) is 0 Å². The third-order valence-electron chi connectivity index (χ3n) is 3.68. The smallest absolute Gasteiger partial charge is 0.311 e. The van der Waals surface area contributed by atoms with E-state index in [9.17, 15) is 4.79 Å². The molecule has 1 fully saturated rings. The number of esters is 1. The molecule has 0 N–H and O–H groups in total. The summed E-state index contributed by atoms with van der Waals surface area (Å²) in [6, 6.07) is 0. The van der Waals surface area contributed by atoms with E-state index >= 15 is 0 Å². The predicted molar refractivity (Wildman–Crippen MR) is 57.2 cm³/mol. The molecule has 0 spiro atoms. The second kappa shape index (κ2) is 4.36. The number of rotatable bonds is 2. The Morgan fingerprint density at radius 3 is 2.38 bits per heavy atom. The van der Waals surface area contributed by atoms with Gasteiger partial charge in [0.1, 0.15) is 12.5 Å². The number of hydrogen-bond donors (Lipinski definition) is 0. The number of carbonyl (C=O) groups is 1. The second-order valence-corrected chi connectivity index (χ2v) is 4.80. The van der Waals surface area contributed by atoms with Crippen molar-refractivity contribution >= 4 is 5.97 Å². The van der Waals surface area contributed by atoms with Crippen LogP contribution in [0.2, 0.25) is 0 Å². The van der Waals surface area contributed by atoms with Gasteiger partial charge in [0.25, 0.3) is 0 Å². The number of hydrogen-bond acceptors (Lipinski definition) is 4. The molecule has 90 valence electrons. The van der Waals surface area contributed by atoms with Gasteiger partial charge in [0.2, 0.25) is 6.29 Å². The molecule has 16 heavy (non-hydrogen) atoms. The molecule has 1 aliphatic carbocycles. The third-order valence-corrected chi connectivity index (χ3v) is 3.68. The van der Waals surface area contributed by atoms with Crippen LogP contribution in [0.15, 0.2) is 12.5 Å². The van der Waals surface area contributed by atoms with Gasteiger partial charge in [0.05, 0.1) is 12.5 Å². The van der Waals surface area contributed by atoms with E-state index < -0.39 is 0 Å². The molecule has 0 bridgehead atoms. The van der Waals surface area contributed by atoms with Crippen molar-refractivity contribution in [2.24, 2.45) is 11.3 Å². The molecule has 4 heteroatoms. The first-order valence-corrected chi connectivity index (χ1v) is 5.70. The summed E-state index contributed by atoms with van der Waals surface area (Å²) in [5, 5.41) is 0. The summed E-state index contributed by atoms with van der Waals surface area (Å²) in [5.74, 6) is 0.282. The lowest BCUT2D eigenvalue weighted by Crippen LogP contribution is -2.36. The summed E-state index contributed by atoms with van der Waals surface area (Å²) in [4.78, 5) is 11.6. The standard InChI is InChI=1S/C12H18O4/c1-12(11(13)14-2)5-3-9(4-6-12)10-15-7-8-16-10/h7-10H,3-6H2,1-2H3. The number of ether oxygens (including phenoxy) is 3. The average molecular weight is 226 g/mol. The zero-order chi connectivity index (χ0) is 11.6. The SMILES string of the molecule is COC(=O)C1(C)CCC(C2OC=CO2)CC1. The van der Waals surface area contributed by atoms with E-state index in [1.165, 1.54) is 7.11 Å². The molecule has 2 rings (SSSR count). The number of carbonyl (C=O) groups excluding carboxylic acids is 1. The van der Waals surface area contributed by atoms with Gasteiger partial charge in [-0.25, -0.2) is 0 Å². The summed E-state index contributed by atoms with van der Waals surface area (Å²) in [6.45, 7) is 1.98. The maximum absolute atomic E-state index is 11.6. The molecule has 2 aliphatic rings. The first-order chi connectivity index (χ1) is 7.65. The van der Waals surface area contributed by atoms with E-state index in [0.29, 0.717) is 5.92 Å². The van der Waals surface area contributed by atoms with E-state index in [0.717, 1.165) is 25.7 Å². The minimum atomic E-state index is -0.322. The molecule has 0 aromatic heterocycles. The van der Waals surface area contributed by atoms with Gasteiger partial charge >= 0.3 is 5.97 Å². The Labute approximate surface area is 95.6 Å². The van der Waals surface area contributed by atoms with Crippen molar-refractivity contribution in [3.05, 3.63) is 12.5 Å². The predicted octanol–water partition coefficient (Wildman–Crippen LogP) is 2.20. The fourth-order valence-corrected chi connectivity index (χ4v) is 2.47. The lowest BCUT2D eigenvalue weighted by Gasteiger charge is -2.36. The van der Waals surface area contributed by atoms with Gasteiger partial charge in [-0.05, 0) is 32.6 Å². The summed E-state index contributed by atoms with van der Waals surface area (Å²) in [6.07, 6.45) is 6.58. The van der Waals surface area contributed by atoms with Gasteiger partial charge in [0, 0.05) is 5.92 Å². The van der Waals surface area contributed by atoms with Gasteiger partial charge in [-0.15, -0.1) is 0 Å². The van der Waals surface area contributed by atoms with Crippen molar-refractivity contribution in [2.45, 2.75) is 38.9 Å². The minimum Gasteiger partial charge on any atom is -0.469 e. The normalized spacial score (nSPS) is 34.2. The quantitative estimate of drug-likeness (QED) is 0.677. The van der Waals surface area contributed by atoms with Crippen molar-refractivity contribution in [1.29, 1.82) is 0 Å². The Bertz CT molecular complexity index is 281. The molecule has 0 radical (unpaired) electrons. The van der Waals surface area contributed by atoms with Gasteiger partial charge in [-0.3, -0.25) is 4.79 Å². The molecule has 1 aliphatic heterocycles. The van der Waals surface area contributed by atoms with Crippen LogP contribution in [0, 0.1) is 11.3 Å². The lowest BCUT2D eigenvalue weighted by molar-refractivity contribution is -0.156.